The van der Waals surface area contributed by atoms with E-state index in [9.17, 15) is 9.59 Å². The maximum Gasteiger partial charge on any atom is 0.274 e. The highest BCUT2D eigenvalue weighted by Crippen LogP contribution is 2.31. The normalized spacial score (nSPS) is 11.8. The lowest BCUT2D eigenvalue weighted by Crippen LogP contribution is -2.22. The average molecular weight is 503 g/mol. The zero-order valence-electron chi connectivity index (χ0n) is 24.1. The molecule has 0 radical (unpaired) electrons. The molecule has 0 saturated heterocycles. The van der Waals surface area contributed by atoms with Crippen molar-refractivity contribution < 1.29 is 0 Å². The Morgan fingerprint density at radius 2 is 0.946 bits per heavy atom. The quantitative estimate of drug-likeness (QED) is 0.352. The van der Waals surface area contributed by atoms with Crippen molar-refractivity contribution in [1.82, 2.24) is 18.7 Å². The second-order valence-corrected chi connectivity index (χ2v) is 11.6. The van der Waals surface area contributed by atoms with Crippen LogP contribution in [0.25, 0.3) is 22.3 Å². The van der Waals surface area contributed by atoms with E-state index in [1.165, 1.54) is 0 Å². The van der Waals surface area contributed by atoms with Gasteiger partial charge in [-0.25, -0.2) is 0 Å². The summed E-state index contributed by atoms with van der Waals surface area (Å²) in [5.74, 6) is 0. The molecule has 0 aliphatic carbocycles. The number of nitrogens with zero attached hydrogens (tertiary/aromatic N) is 4. The second kappa shape index (κ2) is 10.4. The minimum Gasteiger partial charge on any atom is -0.289 e. The maximum atomic E-state index is 12.6. The van der Waals surface area contributed by atoms with Gasteiger partial charge < -0.3 is 0 Å². The zero-order valence-corrected chi connectivity index (χ0v) is 24.1. The summed E-state index contributed by atoms with van der Waals surface area (Å²) in [6, 6.07) is 19.8. The van der Waals surface area contributed by atoms with Gasteiger partial charge in [0.1, 0.15) is 0 Å². The summed E-state index contributed by atoms with van der Waals surface area (Å²) < 4.78 is 7.42. The van der Waals surface area contributed by atoms with Crippen molar-refractivity contribution in [1.29, 1.82) is 0 Å². The van der Waals surface area contributed by atoms with Gasteiger partial charge in [0.05, 0.1) is 22.5 Å². The van der Waals surface area contributed by atoms with Crippen LogP contribution in [0, 0.1) is 0 Å². The lowest BCUT2D eigenvalue weighted by Gasteiger charge is -2.22. The molecule has 4 aromatic rings. The molecule has 0 aliphatic heterocycles. The van der Waals surface area contributed by atoms with Crippen molar-refractivity contribution in [3.63, 3.8) is 0 Å². The number of benzene rings is 2. The topological polar surface area (TPSA) is 53.9 Å². The molecule has 198 valence electrons. The molecule has 0 N–H and O–H groups in total. The van der Waals surface area contributed by atoms with Crippen molar-refractivity contribution >= 4 is 0 Å². The van der Waals surface area contributed by atoms with Crippen molar-refractivity contribution in [2.75, 3.05) is 0 Å². The van der Waals surface area contributed by atoms with Gasteiger partial charge in [-0.2, -0.15) is 0 Å². The first-order chi connectivity index (χ1) is 17.2. The average Bonchev–Trinajstić information content (AvgIpc) is 3.24. The number of hydrogen-bond donors (Lipinski definition) is 0. The third kappa shape index (κ3) is 5.43. The van der Waals surface area contributed by atoms with E-state index in [-0.39, 0.29) is 21.9 Å². The largest absolute Gasteiger partial charge is 0.289 e. The van der Waals surface area contributed by atoms with Gasteiger partial charge in [0.25, 0.3) is 11.1 Å². The Bertz CT molecular complexity index is 1470. The van der Waals surface area contributed by atoms with E-state index in [0.29, 0.717) is 6.54 Å². The Labute approximate surface area is 220 Å². The summed E-state index contributed by atoms with van der Waals surface area (Å²) in [4.78, 5) is 25.0. The molecule has 0 fully saturated rings. The van der Waals surface area contributed by atoms with E-state index in [1.54, 1.807) is 9.36 Å². The van der Waals surface area contributed by atoms with E-state index in [1.807, 2.05) is 98.1 Å². The lowest BCUT2D eigenvalue weighted by atomic mass is 9.87. The van der Waals surface area contributed by atoms with Crippen LogP contribution in [-0.2, 0) is 38.5 Å². The predicted octanol–water partition coefficient (Wildman–Crippen LogP) is 5.86. The lowest BCUT2D eigenvalue weighted by molar-refractivity contribution is 0.453. The number of rotatable bonds is 3. The minimum absolute atomic E-state index is 0.0635. The molecule has 0 spiro atoms. The van der Waals surface area contributed by atoms with Crippen LogP contribution in [0.3, 0.4) is 0 Å². The number of aromatic nitrogens is 4. The highest BCUT2D eigenvalue weighted by molar-refractivity contribution is 5.67. The molecule has 0 saturated carbocycles. The fourth-order valence-corrected chi connectivity index (χ4v) is 5.17. The van der Waals surface area contributed by atoms with Crippen LogP contribution in [0.2, 0.25) is 0 Å². The van der Waals surface area contributed by atoms with Crippen molar-refractivity contribution in [3.8, 4) is 22.3 Å². The van der Waals surface area contributed by atoms with Gasteiger partial charge in [-0.15, -0.1) is 0 Å². The Morgan fingerprint density at radius 3 is 1.32 bits per heavy atom. The Balaban J connectivity index is 0.000000206. The molecule has 37 heavy (non-hydrogen) atoms. The Morgan fingerprint density at radius 1 is 0.568 bits per heavy atom. The SMILES string of the molecule is CCn1c(=O)c(-c2ccccc2)c(C(C)(C)C)n1C.Cn1c(C(C)(C)C)c(-c2ccccc2)c(=O)n1C. The summed E-state index contributed by atoms with van der Waals surface area (Å²) in [7, 11) is 5.72. The summed E-state index contributed by atoms with van der Waals surface area (Å²) in [5, 5.41) is 0. The Kier molecular flexibility index (Phi) is 7.91. The van der Waals surface area contributed by atoms with Gasteiger partial charge in [0, 0.05) is 38.5 Å². The third-order valence-corrected chi connectivity index (χ3v) is 6.73. The molecule has 0 atom stereocenters. The molecule has 6 heteroatoms. The van der Waals surface area contributed by atoms with Crippen LogP contribution < -0.4 is 11.1 Å². The summed E-state index contributed by atoms with van der Waals surface area (Å²) >= 11 is 0. The van der Waals surface area contributed by atoms with Gasteiger partial charge in [-0.1, -0.05) is 102 Å². The van der Waals surface area contributed by atoms with Crippen LogP contribution in [0.1, 0.15) is 59.9 Å². The molecule has 6 nitrogen and oxygen atoms in total. The van der Waals surface area contributed by atoms with Gasteiger partial charge in [0.2, 0.25) is 0 Å². The molecule has 0 bridgehead atoms. The first-order valence-corrected chi connectivity index (χ1v) is 12.9. The third-order valence-electron chi connectivity index (χ3n) is 6.73. The van der Waals surface area contributed by atoms with Gasteiger partial charge in [-0.3, -0.25) is 28.3 Å². The summed E-state index contributed by atoms with van der Waals surface area (Å²) in [6.45, 7) is 15.5. The summed E-state index contributed by atoms with van der Waals surface area (Å²) in [5.41, 5.74) is 5.82. The molecule has 2 aromatic heterocycles. The predicted molar refractivity (Wildman–Crippen MR) is 154 cm³/mol. The highest BCUT2D eigenvalue weighted by atomic mass is 16.1. The fourth-order valence-electron chi connectivity index (χ4n) is 5.17. The van der Waals surface area contributed by atoms with Crippen LogP contribution in [0.15, 0.2) is 70.3 Å². The van der Waals surface area contributed by atoms with Gasteiger partial charge in [-0.05, 0) is 18.1 Å². The molecule has 2 heterocycles. The first kappa shape index (κ1) is 28.0. The van der Waals surface area contributed by atoms with Crippen LogP contribution in [0.4, 0.5) is 0 Å². The number of hydrogen-bond acceptors (Lipinski definition) is 2. The van der Waals surface area contributed by atoms with Crippen LogP contribution in [-0.4, -0.2) is 18.7 Å². The van der Waals surface area contributed by atoms with E-state index < -0.39 is 0 Å². The van der Waals surface area contributed by atoms with Crippen molar-refractivity contribution in [2.45, 2.75) is 65.8 Å². The smallest absolute Gasteiger partial charge is 0.274 e. The first-order valence-electron chi connectivity index (χ1n) is 12.9. The van der Waals surface area contributed by atoms with E-state index >= 15 is 0 Å². The molecular formula is C31H42N4O2. The van der Waals surface area contributed by atoms with E-state index in [2.05, 4.69) is 41.5 Å². The van der Waals surface area contributed by atoms with E-state index in [4.69, 9.17) is 0 Å². The molecule has 4 rings (SSSR count). The minimum atomic E-state index is -0.0699. The monoisotopic (exact) mass is 502 g/mol. The highest BCUT2D eigenvalue weighted by Gasteiger charge is 2.28. The fraction of sp³-hybridized carbons (Fsp3) is 0.419. The second-order valence-electron chi connectivity index (χ2n) is 11.6. The molecule has 0 amide bonds. The molecule has 2 aromatic carbocycles. The standard InChI is InChI=1S/C16H22N2O.C15H20N2O/c1-6-18-15(19)13(12-10-8-7-9-11-12)14(17(18)5)16(2,3)4;1-15(2,3)13-12(11-9-7-6-8-10-11)14(18)17(5)16(13)4/h7-11H,6H2,1-5H3;6-10H,1-5H3. The zero-order chi connectivity index (χ0) is 27.7. The van der Waals surface area contributed by atoms with Gasteiger partial charge >= 0.3 is 0 Å². The maximum absolute atomic E-state index is 12.6. The molecule has 0 aliphatic rings. The molecular weight excluding hydrogens is 460 g/mol. The van der Waals surface area contributed by atoms with Crippen LogP contribution >= 0.6 is 0 Å². The van der Waals surface area contributed by atoms with Crippen LogP contribution in [0.5, 0.6) is 0 Å². The van der Waals surface area contributed by atoms with E-state index in [0.717, 1.165) is 33.6 Å². The van der Waals surface area contributed by atoms with Crippen molar-refractivity contribution in [2.24, 2.45) is 21.1 Å². The molecule has 0 unspecified atom stereocenters. The van der Waals surface area contributed by atoms with Gasteiger partial charge in [0.15, 0.2) is 0 Å². The summed E-state index contributed by atoms with van der Waals surface area (Å²) in [6.07, 6.45) is 0. The van der Waals surface area contributed by atoms with Crippen molar-refractivity contribution in [3.05, 3.63) is 92.8 Å². The Hall–Kier alpha value is -3.54.